The van der Waals surface area contributed by atoms with Crippen molar-refractivity contribution in [1.29, 1.82) is 0 Å². The van der Waals surface area contributed by atoms with E-state index in [4.69, 9.17) is 9.47 Å². The maximum atomic E-state index is 14.5. The highest BCUT2D eigenvalue weighted by atomic mass is 32.1. The standard InChI is InChI=1S/C26H29FN6O6S/c1-13-21-23(36)32(18-5-6-28-22(18)35)26(37)31(25(21)40-24(13)33-29-7-8-30-33)12-20(39-16-10-15(34)11-16)17-9-14(27)3-4-19(17)38-2/h3-4,7-9,15-16,18,20,22,28,34-35H,5-6,10-12H2,1-2H3/t15-,16-,18-,20+,22?/m1/s1. The number of nitrogens with zero attached hydrogens (tertiary/aromatic N) is 5. The van der Waals surface area contributed by atoms with Crippen LogP contribution in [-0.4, -0.2) is 66.4 Å². The molecule has 14 heteroatoms. The fourth-order valence-corrected chi connectivity index (χ4v) is 6.70. The van der Waals surface area contributed by atoms with Crippen LogP contribution in [0.5, 0.6) is 5.75 Å². The van der Waals surface area contributed by atoms with Crippen molar-refractivity contribution < 1.29 is 24.1 Å². The summed E-state index contributed by atoms with van der Waals surface area (Å²) in [5, 5.41) is 32.6. The summed E-state index contributed by atoms with van der Waals surface area (Å²) in [5.74, 6) is -0.122. The molecule has 1 aromatic carbocycles. The van der Waals surface area contributed by atoms with Crippen LogP contribution in [0, 0.1) is 12.7 Å². The van der Waals surface area contributed by atoms with Gasteiger partial charge < -0.3 is 19.7 Å². The van der Waals surface area contributed by atoms with Crippen LogP contribution in [0.3, 0.4) is 0 Å². The first-order valence-electron chi connectivity index (χ1n) is 13.0. The molecule has 1 aliphatic carbocycles. The second kappa shape index (κ2) is 10.5. The Morgan fingerprint density at radius 1 is 1.23 bits per heavy atom. The van der Waals surface area contributed by atoms with E-state index < -0.39 is 41.5 Å². The Morgan fingerprint density at radius 2 is 1.98 bits per heavy atom. The monoisotopic (exact) mass is 572 g/mol. The molecule has 0 radical (unpaired) electrons. The van der Waals surface area contributed by atoms with Crippen LogP contribution in [0.2, 0.25) is 0 Å². The number of nitrogens with one attached hydrogen (secondary N) is 1. The molecule has 6 rings (SSSR count). The van der Waals surface area contributed by atoms with Gasteiger partial charge in [-0.25, -0.2) is 9.18 Å². The van der Waals surface area contributed by atoms with Crippen molar-refractivity contribution in [3.8, 4) is 10.8 Å². The van der Waals surface area contributed by atoms with Crippen LogP contribution in [0.1, 0.15) is 42.5 Å². The smallest absolute Gasteiger partial charge is 0.332 e. The van der Waals surface area contributed by atoms with Gasteiger partial charge in [0, 0.05) is 11.1 Å². The second-order valence-electron chi connectivity index (χ2n) is 10.1. The summed E-state index contributed by atoms with van der Waals surface area (Å²) in [6.45, 7) is 2.13. The number of halogens is 1. The van der Waals surface area contributed by atoms with Gasteiger partial charge in [-0.1, -0.05) is 11.3 Å². The van der Waals surface area contributed by atoms with Crippen molar-refractivity contribution in [3.63, 3.8) is 0 Å². The average molecular weight is 573 g/mol. The Morgan fingerprint density at radius 3 is 2.62 bits per heavy atom. The fourth-order valence-electron chi connectivity index (χ4n) is 5.48. The number of thiophene rings is 1. The van der Waals surface area contributed by atoms with E-state index in [0.29, 0.717) is 57.9 Å². The lowest BCUT2D eigenvalue weighted by Crippen LogP contribution is -2.46. The normalized spacial score (nSPS) is 23.4. The van der Waals surface area contributed by atoms with Crippen molar-refractivity contribution in [1.82, 2.24) is 29.4 Å². The van der Waals surface area contributed by atoms with Crippen LogP contribution in [0.15, 0.2) is 40.2 Å². The molecule has 0 spiro atoms. The van der Waals surface area contributed by atoms with Gasteiger partial charge >= 0.3 is 5.69 Å². The number of hydrogen-bond donors (Lipinski definition) is 3. The van der Waals surface area contributed by atoms with Gasteiger partial charge in [0.05, 0.1) is 49.7 Å². The summed E-state index contributed by atoms with van der Waals surface area (Å²) in [6, 6.07) is 3.30. The summed E-state index contributed by atoms with van der Waals surface area (Å²) < 4.78 is 28.8. The minimum atomic E-state index is -1.07. The number of rotatable bonds is 8. The molecule has 1 saturated heterocycles. The van der Waals surface area contributed by atoms with Crippen molar-refractivity contribution in [2.75, 3.05) is 13.7 Å². The molecule has 1 saturated carbocycles. The number of ether oxygens (including phenoxy) is 2. The fraction of sp³-hybridized carbons (Fsp3) is 0.462. The van der Waals surface area contributed by atoms with Gasteiger partial charge in [0.15, 0.2) is 0 Å². The van der Waals surface area contributed by atoms with Crippen molar-refractivity contribution in [2.45, 2.75) is 63.3 Å². The number of benzene rings is 1. The molecular formula is C26H29FN6O6S. The molecule has 3 atom stereocenters. The van der Waals surface area contributed by atoms with E-state index in [0.717, 1.165) is 4.57 Å². The third kappa shape index (κ3) is 4.55. The molecule has 40 heavy (non-hydrogen) atoms. The second-order valence-corrected chi connectivity index (χ2v) is 11.1. The molecule has 0 bridgehead atoms. The summed E-state index contributed by atoms with van der Waals surface area (Å²) >= 11 is 1.19. The van der Waals surface area contributed by atoms with Crippen LogP contribution in [0.25, 0.3) is 15.2 Å². The highest BCUT2D eigenvalue weighted by Crippen LogP contribution is 2.37. The van der Waals surface area contributed by atoms with Gasteiger partial charge in [0.25, 0.3) is 5.56 Å². The summed E-state index contributed by atoms with van der Waals surface area (Å²) in [5.41, 5.74) is -0.151. The van der Waals surface area contributed by atoms with Crippen molar-refractivity contribution >= 4 is 21.6 Å². The lowest BCUT2D eigenvalue weighted by molar-refractivity contribution is -0.110. The molecule has 0 amide bonds. The number of aromatic nitrogens is 5. The third-order valence-electron chi connectivity index (χ3n) is 7.62. The van der Waals surface area contributed by atoms with Crippen molar-refractivity contribution in [2.24, 2.45) is 0 Å². The van der Waals surface area contributed by atoms with E-state index in [1.54, 1.807) is 6.92 Å². The molecule has 4 heterocycles. The van der Waals surface area contributed by atoms with Gasteiger partial charge in [-0.15, -0.1) is 4.80 Å². The van der Waals surface area contributed by atoms with Crippen LogP contribution in [-0.2, 0) is 11.3 Å². The average Bonchev–Trinajstić information content (AvgIpc) is 3.66. The minimum Gasteiger partial charge on any atom is -0.496 e. The van der Waals surface area contributed by atoms with Crippen LogP contribution < -0.4 is 21.3 Å². The molecule has 4 aromatic rings. The van der Waals surface area contributed by atoms with E-state index in [-0.39, 0.29) is 12.6 Å². The zero-order chi connectivity index (χ0) is 28.1. The van der Waals surface area contributed by atoms with Gasteiger partial charge in [-0.05, 0) is 50.9 Å². The topological polar surface area (TPSA) is 146 Å². The zero-order valence-corrected chi connectivity index (χ0v) is 22.7. The Labute approximate surface area is 231 Å². The summed E-state index contributed by atoms with van der Waals surface area (Å²) in [7, 11) is 1.46. The molecule has 2 fully saturated rings. The molecule has 3 aromatic heterocycles. The molecule has 12 nitrogen and oxygen atoms in total. The van der Waals surface area contributed by atoms with E-state index in [1.807, 2.05) is 0 Å². The van der Waals surface area contributed by atoms with E-state index >= 15 is 0 Å². The largest absolute Gasteiger partial charge is 0.496 e. The summed E-state index contributed by atoms with van der Waals surface area (Å²) in [4.78, 5) is 29.7. The van der Waals surface area contributed by atoms with Gasteiger partial charge in [0.2, 0.25) is 0 Å². The predicted molar refractivity (Wildman–Crippen MR) is 143 cm³/mol. The van der Waals surface area contributed by atoms with Gasteiger partial charge in [0.1, 0.15) is 33.7 Å². The number of aryl methyl sites for hydroxylation is 1. The quantitative estimate of drug-likeness (QED) is 0.285. The highest BCUT2D eigenvalue weighted by Gasteiger charge is 2.35. The van der Waals surface area contributed by atoms with Crippen molar-refractivity contribution in [3.05, 3.63) is 68.4 Å². The Balaban J connectivity index is 1.56. The molecule has 1 aliphatic heterocycles. The zero-order valence-electron chi connectivity index (χ0n) is 21.9. The number of methoxy groups -OCH3 is 1. The molecule has 1 unspecified atom stereocenters. The van der Waals surface area contributed by atoms with E-state index in [2.05, 4.69) is 15.5 Å². The van der Waals surface area contributed by atoms with Crippen LogP contribution >= 0.6 is 11.3 Å². The van der Waals surface area contributed by atoms with E-state index in [9.17, 15) is 24.2 Å². The maximum absolute atomic E-state index is 14.5. The first-order chi connectivity index (χ1) is 19.3. The third-order valence-corrected chi connectivity index (χ3v) is 8.90. The van der Waals surface area contributed by atoms with Gasteiger partial charge in [-0.3, -0.25) is 19.2 Å². The minimum absolute atomic E-state index is 0.0792. The van der Waals surface area contributed by atoms with Crippen LogP contribution in [0.4, 0.5) is 4.39 Å². The SMILES string of the molecule is COc1ccc(F)cc1[C@H](Cn1c(=O)n([C@@H]2CCNC2O)c(=O)c2c(C)c(-n3nccn3)sc21)O[C@H]1C[C@H](O)C1. The van der Waals surface area contributed by atoms with Gasteiger partial charge in [-0.2, -0.15) is 10.2 Å². The predicted octanol–water partition coefficient (Wildman–Crippen LogP) is 1.40. The number of fused-ring (bicyclic) bond motifs is 1. The number of hydrogen-bond acceptors (Lipinski definition) is 10. The lowest BCUT2D eigenvalue weighted by Gasteiger charge is -2.35. The number of aliphatic hydroxyl groups is 2. The maximum Gasteiger partial charge on any atom is 0.332 e. The first kappa shape index (κ1) is 26.8. The van der Waals surface area contributed by atoms with E-state index in [1.165, 1.54) is 58.4 Å². The summed E-state index contributed by atoms with van der Waals surface area (Å²) in [6.07, 6.45) is 1.51. The molecule has 212 valence electrons. The molecular weight excluding hydrogens is 543 g/mol. The Kier molecular flexibility index (Phi) is 7.04. The first-order valence-corrected chi connectivity index (χ1v) is 13.8. The number of aliphatic hydroxyl groups excluding tert-OH is 2. The Bertz CT molecular complexity index is 1660. The highest BCUT2D eigenvalue weighted by molar-refractivity contribution is 7.21. The lowest BCUT2D eigenvalue weighted by atomic mass is 9.92. The Hall–Kier alpha value is -3.43. The molecule has 3 N–H and O–H groups in total. The molecule has 2 aliphatic rings.